The van der Waals surface area contributed by atoms with Gasteiger partial charge in [-0.1, -0.05) is 51.5 Å². The lowest BCUT2D eigenvalue weighted by molar-refractivity contribution is 0.852. The van der Waals surface area contributed by atoms with E-state index >= 15 is 0 Å². The van der Waals surface area contributed by atoms with Gasteiger partial charge in [-0.2, -0.15) is 0 Å². The predicted octanol–water partition coefficient (Wildman–Crippen LogP) is 4.26. The Labute approximate surface area is 121 Å². The Morgan fingerprint density at radius 1 is 1.10 bits per heavy atom. The normalized spacial score (nSPS) is 10.8. The molecule has 2 aromatic rings. The maximum Gasteiger partial charge on any atom is 0.133 e. The van der Waals surface area contributed by atoms with Gasteiger partial charge in [0.15, 0.2) is 0 Å². The summed E-state index contributed by atoms with van der Waals surface area (Å²) in [4.78, 5) is 8.83. The van der Waals surface area contributed by atoms with E-state index in [1.165, 1.54) is 17.5 Å². The number of anilines is 1. The van der Waals surface area contributed by atoms with E-state index in [9.17, 15) is 0 Å². The van der Waals surface area contributed by atoms with Crippen molar-refractivity contribution in [3.63, 3.8) is 0 Å². The molecular weight excluding hydrogens is 246 g/mol. The third-order valence-electron chi connectivity index (χ3n) is 3.46. The number of hydrogen-bond acceptors (Lipinski definition) is 3. The number of nitrogens with zero attached hydrogens (tertiary/aromatic N) is 2. The van der Waals surface area contributed by atoms with Gasteiger partial charge in [-0.25, -0.2) is 9.97 Å². The summed E-state index contributed by atoms with van der Waals surface area (Å²) in [6.45, 7) is 6.55. The maximum atomic E-state index is 4.50. The summed E-state index contributed by atoms with van der Waals surface area (Å²) < 4.78 is 0. The molecule has 2 rings (SSSR count). The fourth-order valence-electron chi connectivity index (χ4n) is 2.49. The number of aryl methyl sites for hydroxylation is 1. The molecule has 0 aliphatic rings. The second-order valence-corrected chi connectivity index (χ2v) is 5.34. The maximum absolute atomic E-state index is 4.50. The Hall–Kier alpha value is -1.90. The van der Waals surface area contributed by atoms with Crippen molar-refractivity contribution in [1.29, 1.82) is 0 Å². The van der Waals surface area contributed by atoms with Crippen LogP contribution in [0, 0.1) is 0 Å². The molecule has 1 N–H and O–H groups in total. The van der Waals surface area contributed by atoms with Gasteiger partial charge in [0.25, 0.3) is 0 Å². The van der Waals surface area contributed by atoms with Crippen molar-refractivity contribution in [3.05, 3.63) is 41.7 Å². The van der Waals surface area contributed by atoms with Crippen molar-refractivity contribution < 1.29 is 0 Å². The summed E-state index contributed by atoms with van der Waals surface area (Å²) in [5, 5.41) is 3.17. The number of nitrogens with one attached hydrogen (secondary N) is 1. The third kappa shape index (κ3) is 2.98. The van der Waals surface area contributed by atoms with E-state index in [0.717, 1.165) is 23.5 Å². The minimum absolute atomic E-state index is 0.379. The van der Waals surface area contributed by atoms with E-state index in [1.807, 2.05) is 7.05 Å². The van der Waals surface area contributed by atoms with E-state index < -0.39 is 0 Å². The molecule has 0 unspecified atom stereocenters. The summed E-state index contributed by atoms with van der Waals surface area (Å²) in [5.41, 5.74) is 4.75. The van der Waals surface area contributed by atoms with Crippen molar-refractivity contribution in [2.24, 2.45) is 0 Å². The van der Waals surface area contributed by atoms with Gasteiger partial charge in [0, 0.05) is 18.2 Å². The second kappa shape index (κ2) is 6.51. The minimum Gasteiger partial charge on any atom is -0.373 e. The Balaban J connectivity index is 2.46. The van der Waals surface area contributed by atoms with Crippen molar-refractivity contribution >= 4 is 5.82 Å². The molecule has 0 saturated carbocycles. The Kier molecular flexibility index (Phi) is 4.72. The van der Waals surface area contributed by atoms with Gasteiger partial charge >= 0.3 is 0 Å². The SMILES string of the molecule is CCCc1ccc(-c2ncnc(NC)c2C(C)C)cc1. The molecule has 3 heteroatoms. The van der Waals surface area contributed by atoms with Crippen LogP contribution in [-0.4, -0.2) is 17.0 Å². The molecule has 1 heterocycles. The molecule has 3 nitrogen and oxygen atoms in total. The zero-order valence-electron chi connectivity index (χ0n) is 12.8. The molecule has 1 aromatic heterocycles. The number of rotatable bonds is 5. The molecule has 0 aliphatic carbocycles. The number of hydrogen-bond donors (Lipinski definition) is 1. The highest BCUT2D eigenvalue weighted by Crippen LogP contribution is 2.31. The lowest BCUT2D eigenvalue weighted by atomic mass is 9.96. The zero-order valence-corrected chi connectivity index (χ0v) is 12.8. The van der Waals surface area contributed by atoms with E-state index in [1.54, 1.807) is 6.33 Å². The van der Waals surface area contributed by atoms with Gasteiger partial charge in [-0.15, -0.1) is 0 Å². The molecule has 0 spiro atoms. The van der Waals surface area contributed by atoms with Crippen molar-refractivity contribution in [2.75, 3.05) is 12.4 Å². The van der Waals surface area contributed by atoms with Crippen molar-refractivity contribution in [1.82, 2.24) is 9.97 Å². The lowest BCUT2D eigenvalue weighted by Crippen LogP contribution is -2.04. The Morgan fingerprint density at radius 2 is 1.80 bits per heavy atom. The predicted molar refractivity (Wildman–Crippen MR) is 85.1 cm³/mol. The fraction of sp³-hybridized carbons (Fsp3) is 0.412. The number of benzene rings is 1. The standard InChI is InChI=1S/C17H23N3/c1-5-6-13-7-9-14(10-8-13)16-15(12(2)3)17(18-4)20-11-19-16/h7-12H,5-6H2,1-4H3,(H,18,19,20). The fourth-order valence-corrected chi connectivity index (χ4v) is 2.49. The summed E-state index contributed by atoms with van der Waals surface area (Å²) in [6.07, 6.45) is 3.93. The van der Waals surface area contributed by atoms with Gasteiger partial charge < -0.3 is 5.32 Å². The van der Waals surface area contributed by atoms with Gasteiger partial charge in [0.05, 0.1) is 5.69 Å². The first-order valence-corrected chi connectivity index (χ1v) is 7.29. The quantitative estimate of drug-likeness (QED) is 0.881. The van der Waals surface area contributed by atoms with E-state index in [2.05, 4.69) is 60.3 Å². The van der Waals surface area contributed by atoms with Crippen LogP contribution in [0.5, 0.6) is 0 Å². The third-order valence-corrected chi connectivity index (χ3v) is 3.46. The first-order chi connectivity index (χ1) is 9.67. The van der Waals surface area contributed by atoms with Crippen molar-refractivity contribution in [2.45, 2.75) is 39.5 Å². The molecule has 0 radical (unpaired) electrons. The summed E-state index contributed by atoms with van der Waals surface area (Å²) in [5.74, 6) is 1.30. The molecule has 106 valence electrons. The summed E-state index contributed by atoms with van der Waals surface area (Å²) in [6, 6.07) is 8.73. The van der Waals surface area contributed by atoms with E-state index in [-0.39, 0.29) is 0 Å². The number of aromatic nitrogens is 2. The van der Waals surface area contributed by atoms with Gasteiger partial charge in [-0.3, -0.25) is 0 Å². The van der Waals surface area contributed by atoms with E-state index in [4.69, 9.17) is 0 Å². The molecule has 0 fully saturated rings. The van der Waals surface area contributed by atoms with Crippen LogP contribution in [0.4, 0.5) is 5.82 Å². The molecule has 0 amide bonds. The molecule has 0 bridgehead atoms. The summed E-state index contributed by atoms with van der Waals surface area (Å²) >= 11 is 0. The van der Waals surface area contributed by atoms with Crippen molar-refractivity contribution in [3.8, 4) is 11.3 Å². The Bertz CT molecular complexity index is 559. The first kappa shape index (κ1) is 14.5. The molecular formula is C17H23N3. The highest BCUT2D eigenvalue weighted by Gasteiger charge is 2.15. The topological polar surface area (TPSA) is 37.8 Å². The van der Waals surface area contributed by atoms with E-state index in [0.29, 0.717) is 5.92 Å². The summed E-state index contributed by atoms with van der Waals surface area (Å²) in [7, 11) is 1.91. The first-order valence-electron chi connectivity index (χ1n) is 7.29. The molecule has 0 aliphatic heterocycles. The van der Waals surface area contributed by atoms with Crippen LogP contribution in [-0.2, 0) is 6.42 Å². The van der Waals surface area contributed by atoms with Crippen LogP contribution in [0.25, 0.3) is 11.3 Å². The Morgan fingerprint density at radius 3 is 2.35 bits per heavy atom. The van der Waals surface area contributed by atoms with Crippen LogP contribution in [0.3, 0.4) is 0 Å². The lowest BCUT2D eigenvalue weighted by Gasteiger charge is -2.15. The highest BCUT2D eigenvalue weighted by molar-refractivity contribution is 5.69. The largest absolute Gasteiger partial charge is 0.373 e. The monoisotopic (exact) mass is 269 g/mol. The van der Waals surface area contributed by atoms with Crippen LogP contribution in [0.1, 0.15) is 44.2 Å². The molecule has 20 heavy (non-hydrogen) atoms. The van der Waals surface area contributed by atoms with Gasteiger partial charge in [0.1, 0.15) is 12.1 Å². The average Bonchev–Trinajstić information content (AvgIpc) is 2.47. The molecule has 1 aromatic carbocycles. The van der Waals surface area contributed by atoms with Gasteiger partial charge in [-0.05, 0) is 17.9 Å². The molecule has 0 atom stereocenters. The van der Waals surface area contributed by atoms with Crippen LogP contribution < -0.4 is 5.32 Å². The van der Waals surface area contributed by atoms with Gasteiger partial charge in [0.2, 0.25) is 0 Å². The van der Waals surface area contributed by atoms with Crippen LogP contribution >= 0.6 is 0 Å². The smallest absolute Gasteiger partial charge is 0.133 e. The van der Waals surface area contributed by atoms with Crippen LogP contribution in [0.15, 0.2) is 30.6 Å². The molecule has 0 saturated heterocycles. The highest BCUT2D eigenvalue weighted by atomic mass is 15.0. The minimum atomic E-state index is 0.379. The van der Waals surface area contributed by atoms with Crippen LogP contribution in [0.2, 0.25) is 0 Å². The zero-order chi connectivity index (χ0) is 14.5. The average molecular weight is 269 g/mol. The second-order valence-electron chi connectivity index (χ2n) is 5.34.